The monoisotopic (exact) mass is 466 g/mol. The molecule has 1 aliphatic heterocycles. The van der Waals surface area contributed by atoms with Crippen molar-refractivity contribution in [3.8, 4) is 0 Å². The van der Waals surface area contributed by atoms with Crippen LogP contribution in [0, 0.1) is 17.8 Å². The van der Waals surface area contributed by atoms with Gasteiger partial charge in [0.1, 0.15) is 0 Å². The number of nitrogens with zero attached hydrogens (tertiary/aromatic N) is 1. The highest BCUT2D eigenvalue weighted by Gasteiger charge is 2.51. The molecule has 7 heteroatoms. The van der Waals surface area contributed by atoms with Gasteiger partial charge in [0, 0.05) is 42.8 Å². The third-order valence-electron chi connectivity index (χ3n) is 8.36. The molecule has 3 N–H and O–H groups in total. The first kappa shape index (κ1) is 23.2. The molecule has 0 radical (unpaired) electrons. The molecule has 184 valence electrons. The van der Waals surface area contributed by atoms with Gasteiger partial charge in [-0.05, 0) is 93.4 Å². The molecule has 0 atom stereocenters. The van der Waals surface area contributed by atoms with Crippen molar-refractivity contribution in [2.45, 2.75) is 76.2 Å². The average molecular weight is 467 g/mol. The smallest absolute Gasteiger partial charge is 0.315 e. The van der Waals surface area contributed by atoms with Gasteiger partial charge in [-0.1, -0.05) is 12.8 Å². The van der Waals surface area contributed by atoms with E-state index >= 15 is 0 Å². The Morgan fingerprint density at radius 1 is 0.853 bits per heavy atom. The van der Waals surface area contributed by atoms with Crippen LogP contribution in [-0.2, 0) is 4.79 Å². The average Bonchev–Trinajstić information content (AvgIpc) is 3.07. The molecule has 0 unspecified atom stereocenters. The van der Waals surface area contributed by atoms with Gasteiger partial charge >= 0.3 is 6.03 Å². The number of hydrogen-bond acceptors (Lipinski definition) is 3. The molecule has 5 fully saturated rings. The number of anilines is 1. The molecular weight excluding hydrogens is 428 g/mol. The van der Waals surface area contributed by atoms with Crippen molar-refractivity contribution in [3.63, 3.8) is 0 Å². The first-order valence-electron chi connectivity index (χ1n) is 13.2. The third-order valence-corrected chi connectivity index (χ3v) is 8.36. The highest BCUT2D eigenvalue weighted by molar-refractivity contribution is 5.96. The number of nitrogens with one attached hydrogen (secondary N) is 3. The molecule has 7 nitrogen and oxygen atoms in total. The van der Waals surface area contributed by atoms with Gasteiger partial charge in [0.15, 0.2) is 0 Å². The van der Waals surface area contributed by atoms with Crippen molar-refractivity contribution in [2.75, 3.05) is 25.0 Å². The molecule has 0 aromatic heterocycles. The topological polar surface area (TPSA) is 90.5 Å². The Morgan fingerprint density at radius 2 is 1.44 bits per heavy atom. The van der Waals surface area contributed by atoms with Crippen LogP contribution in [0.4, 0.5) is 10.5 Å². The maximum atomic E-state index is 12.7. The summed E-state index contributed by atoms with van der Waals surface area (Å²) in [5, 5.41) is 9.02. The number of carbonyl (C=O) groups excluding carboxylic acids is 3. The van der Waals surface area contributed by atoms with Gasteiger partial charge in [-0.15, -0.1) is 0 Å². The molecule has 6 rings (SSSR count). The van der Waals surface area contributed by atoms with Crippen molar-refractivity contribution in [2.24, 2.45) is 17.8 Å². The van der Waals surface area contributed by atoms with E-state index in [1.54, 1.807) is 24.3 Å². The predicted molar refractivity (Wildman–Crippen MR) is 131 cm³/mol. The van der Waals surface area contributed by atoms with Crippen LogP contribution < -0.4 is 16.0 Å². The number of rotatable bonds is 6. The van der Waals surface area contributed by atoms with Gasteiger partial charge in [0.25, 0.3) is 5.91 Å². The second-order valence-electron chi connectivity index (χ2n) is 11.2. The fourth-order valence-corrected chi connectivity index (χ4v) is 7.21. The van der Waals surface area contributed by atoms with E-state index in [1.165, 1.54) is 32.1 Å². The van der Waals surface area contributed by atoms with Crippen molar-refractivity contribution in [1.29, 1.82) is 0 Å². The number of carbonyl (C=O) groups is 3. The summed E-state index contributed by atoms with van der Waals surface area (Å²) in [6.45, 7) is 1.94. The number of hydrogen-bond donors (Lipinski definition) is 3. The summed E-state index contributed by atoms with van der Waals surface area (Å²) in [6, 6.07) is 6.96. The number of likely N-dealkylation sites (tertiary alicyclic amines) is 1. The van der Waals surface area contributed by atoms with Crippen molar-refractivity contribution in [1.82, 2.24) is 15.5 Å². The standard InChI is InChI=1S/C27H38N4O3/c32-24(29-23-7-5-22(6-8-23)25(33)31-11-3-1-2-4-12-31)9-10-28-26(34)30-27-16-19-13-20(17-27)15-21(14-19)18-27/h5-8,19-21H,1-4,9-18H2,(H,29,32)(H2,28,30,34). The van der Waals surface area contributed by atoms with Crippen LogP contribution in [0.2, 0.25) is 0 Å². The van der Waals surface area contributed by atoms with E-state index in [9.17, 15) is 14.4 Å². The molecule has 4 bridgehead atoms. The molecule has 1 aromatic carbocycles. The molecule has 4 amide bonds. The lowest BCUT2D eigenvalue weighted by Gasteiger charge is -2.56. The van der Waals surface area contributed by atoms with Crippen LogP contribution in [0.15, 0.2) is 24.3 Å². The van der Waals surface area contributed by atoms with Crippen molar-refractivity contribution in [3.05, 3.63) is 29.8 Å². The van der Waals surface area contributed by atoms with Gasteiger partial charge in [-0.25, -0.2) is 4.79 Å². The van der Waals surface area contributed by atoms with E-state index in [-0.39, 0.29) is 29.8 Å². The molecule has 0 spiro atoms. The summed E-state index contributed by atoms with van der Waals surface area (Å²) in [7, 11) is 0. The van der Waals surface area contributed by atoms with Gasteiger partial charge < -0.3 is 20.9 Å². The molecule has 1 heterocycles. The second kappa shape index (κ2) is 9.96. The number of urea groups is 1. The van der Waals surface area contributed by atoms with Crippen LogP contribution in [0.3, 0.4) is 0 Å². The quantitative estimate of drug-likeness (QED) is 0.584. The Bertz CT molecular complexity index is 870. The van der Waals surface area contributed by atoms with Crippen molar-refractivity contribution >= 4 is 23.5 Å². The molecule has 1 aromatic rings. The zero-order chi connectivity index (χ0) is 23.5. The Hall–Kier alpha value is -2.57. The predicted octanol–water partition coefficient (Wildman–Crippen LogP) is 4.30. The minimum atomic E-state index is -0.151. The summed E-state index contributed by atoms with van der Waals surface area (Å²) in [5.41, 5.74) is 1.30. The number of benzene rings is 1. The fourth-order valence-electron chi connectivity index (χ4n) is 7.21. The fraction of sp³-hybridized carbons (Fsp3) is 0.667. The summed E-state index contributed by atoms with van der Waals surface area (Å²) in [5.74, 6) is 2.26. The lowest BCUT2D eigenvalue weighted by Crippen LogP contribution is -2.61. The summed E-state index contributed by atoms with van der Waals surface area (Å²) in [6.07, 6.45) is 12.1. The van der Waals surface area contributed by atoms with Crippen LogP contribution in [-0.4, -0.2) is 47.9 Å². The minimum absolute atomic E-state index is 0.0202. The molecular formula is C27H38N4O3. The Morgan fingerprint density at radius 3 is 2.03 bits per heavy atom. The lowest BCUT2D eigenvalue weighted by atomic mass is 9.53. The zero-order valence-corrected chi connectivity index (χ0v) is 20.1. The molecule has 4 saturated carbocycles. The molecule has 1 saturated heterocycles. The van der Waals surface area contributed by atoms with Gasteiger partial charge in [0.05, 0.1) is 0 Å². The van der Waals surface area contributed by atoms with Crippen LogP contribution in [0.5, 0.6) is 0 Å². The highest BCUT2D eigenvalue weighted by Crippen LogP contribution is 2.55. The second-order valence-corrected chi connectivity index (χ2v) is 11.2. The van der Waals surface area contributed by atoms with Crippen molar-refractivity contribution < 1.29 is 14.4 Å². The zero-order valence-electron chi connectivity index (χ0n) is 20.1. The molecule has 34 heavy (non-hydrogen) atoms. The van der Waals surface area contributed by atoms with Gasteiger partial charge in [0.2, 0.25) is 5.91 Å². The normalized spacial score (nSPS) is 29.9. The first-order valence-corrected chi connectivity index (χ1v) is 13.2. The molecule has 4 aliphatic carbocycles. The van der Waals surface area contributed by atoms with Crippen LogP contribution >= 0.6 is 0 Å². The SMILES string of the molecule is O=C(CCNC(=O)NC12CC3CC(CC(C3)C1)C2)Nc1ccc(C(=O)N2CCCCCC2)cc1. The Balaban J connectivity index is 1.04. The summed E-state index contributed by atoms with van der Waals surface area (Å²) >= 11 is 0. The van der Waals surface area contributed by atoms with Crippen LogP contribution in [0.1, 0.15) is 81.0 Å². The van der Waals surface area contributed by atoms with Crippen LogP contribution in [0.25, 0.3) is 0 Å². The third kappa shape index (κ3) is 5.39. The van der Waals surface area contributed by atoms with E-state index < -0.39 is 0 Å². The van der Waals surface area contributed by atoms with E-state index in [4.69, 9.17) is 0 Å². The molecule has 5 aliphatic rings. The first-order chi connectivity index (χ1) is 16.5. The lowest BCUT2D eigenvalue weighted by molar-refractivity contribution is -0.116. The Kier molecular flexibility index (Phi) is 6.79. The summed E-state index contributed by atoms with van der Waals surface area (Å²) in [4.78, 5) is 39.5. The largest absolute Gasteiger partial charge is 0.339 e. The van der Waals surface area contributed by atoms with E-state index in [2.05, 4.69) is 16.0 Å². The van der Waals surface area contributed by atoms with E-state index in [0.29, 0.717) is 17.8 Å². The van der Waals surface area contributed by atoms with Gasteiger partial charge in [-0.2, -0.15) is 0 Å². The highest BCUT2D eigenvalue weighted by atomic mass is 16.2. The maximum absolute atomic E-state index is 12.7. The minimum Gasteiger partial charge on any atom is -0.339 e. The van der Waals surface area contributed by atoms with E-state index in [0.717, 1.165) is 62.9 Å². The summed E-state index contributed by atoms with van der Waals surface area (Å²) < 4.78 is 0. The van der Waals surface area contributed by atoms with Gasteiger partial charge in [-0.3, -0.25) is 9.59 Å². The van der Waals surface area contributed by atoms with E-state index in [1.807, 2.05) is 4.90 Å². The Labute approximate surface area is 202 Å². The number of amides is 4. The maximum Gasteiger partial charge on any atom is 0.315 e.